The van der Waals surface area contributed by atoms with Crippen molar-refractivity contribution in [3.63, 3.8) is 0 Å². The molecule has 3 saturated heterocycles. The summed E-state index contributed by atoms with van der Waals surface area (Å²) in [7, 11) is 0. The minimum absolute atomic E-state index is 0.0522. The Balaban J connectivity index is 1.62. The molecule has 112 valence electrons. The van der Waals surface area contributed by atoms with Crippen molar-refractivity contribution in [2.75, 3.05) is 26.2 Å². The topological polar surface area (TPSA) is 44.4 Å². The molecule has 4 aliphatic rings. The molecule has 0 aromatic rings. The number of fused-ring (bicyclic) bond motifs is 3. The molecule has 4 fully saturated rings. The van der Waals surface area contributed by atoms with E-state index < -0.39 is 0 Å². The number of nitrogens with zero attached hydrogens (tertiary/aromatic N) is 1. The monoisotopic (exact) mass is 277 g/mol. The molecule has 2 bridgehead atoms. The Morgan fingerprint density at radius 1 is 1.00 bits per heavy atom. The van der Waals surface area contributed by atoms with Crippen LogP contribution in [-0.2, 0) is 4.79 Å². The molecule has 1 aliphatic carbocycles. The highest BCUT2D eigenvalue weighted by molar-refractivity contribution is 5.85. The van der Waals surface area contributed by atoms with Crippen LogP contribution in [0.2, 0.25) is 0 Å². The molecule has 4 heteroatoms. The van der Waals surface area contributed by atoms with Crippen molar-refractivity contribution in [1.82, 2.24) is 15.5 Å². The summed E-state index contributed by atoms with van der Waals surface area (Å²) in [5, 5.41) is 7.04. The van der Waals surface area contributed by atoms with Gasteiger partial charge in [0.15, 0.2) is 0 Å². The second kappa shape index (κ2) is 4.99. The fourth-order valence-electron chi connectivity index (χ4n) is 5.24. The molecule has 20 heavy (non-hydrogen) atoms. The molecule has 3 heterocycles. The highest BCUT2D eigenvalue weighted by Gasteiger charge is 2.54. The minimum atomic E-state index is -0.0522. The summed E-state index contributed by atoms with van der Waals surface area (Å²) in [5.74, 6) is 1.10. The van der Waals surface area contributed by atoms with Crippen LogP contribution in [0.15, 0.2) is 0 Å². The highest BCUT2D eigenvalue weighted by Crippen LogP contribution is 2.47. The van der Waals surface area contributed by atoms with E-state index in [-0.39, 0.29) is 5.41 Å². The first-order valence-corrected chi connectivity index (χ1v) is 8.55. The molecule has 0 aromatic heterocycles. The van der Waals surface area contributed by atoms with Crippen molar-refractivity contribution in [3.8, 4) is 0 Å². The van der Waals surface area contributed by atoms with Crippen LogP contribution in [0, 0.1) is 11.3 Å². The van der Waals surface area contributed by atoms with E-state index in [1.165, 1.54) is 32.1 Å². The van der Waals surface area contributed by atoms with Crippen LogP contribution in [0.5, 0.6) is 0 Å². The summed E-state index contributed by atoms with van der Waals surface area (Å²) >= 11 is 0. The van der Waals surface area contributed by atoms with Crippen molar-refractivity contribution in [2.45, 2.75) is 57.0 Å². The number of carbonyl (C=O) groups excluding carboxylic acids is 1. The first-order chi connectivity index (χ1) is 9.81. The molecule has 2 N–H and O–H groups in total. The predicted octanol–water partition coefficient (Wildman–Crippen LogP) is 1.12. The van der Waals surface area contributed by atoms with Gasteiger partial charge in [0, 0.05) is 25.2 Å². The lowest BCUT2D eigenvalue weighted by Gasteiger charge is -2.42. The standard InChI is InChI=1S/C16H27N3O/c20-15(16-7-2-1-3-12(16)9-18-11-16)19-13-4-5-14(19)10-17-8-6-13/h12-14,17-18H,1-11H2/t12-,13?,14?,16+/m0/s1. The van der Waals surface area contributed by atoms with Gasteiger partial charge in [0.2, 0.25) is 5.91 Å². The first kappa shape index (κ1) is 13.1. The molecule has 0 aromatic carbocycles. The summed E-state index contributed by atoms with van der Waals surface area (Å²) < 4.78 is 0. The summed E-state index contributed by atoms with van der Waals surface area (Å²) in [4.78, 5) is 15.8. The number of hydrogen-bond donors (Lipinski definition) is 2. The average Bonchev–Trinajstić information content (AvgIpc) is 2.99. The van der Waals surface area contributed by atoms with Crippen LogP contribution >= 0.6 is 0 Å². The Kier molecular flexibility index (Phi) is 3.26. The predicted molar refractivity (Wildman–Crippen MR) is 78.4 cm³/mol. The maximum atomic E-state index is 13.4. The van der Waals surface area contributed by atoms with E-state index in [9.17, 15) is 4.79 Å². The van der Waals surface area contributed by atoms with Gasteiger partial charge in [-0.3, -0.25) is 4.79 Å². The number of hydrogen-bond acceptors (Lipinski definition) is 3. The molecule has 0 radical (unpaired) electrons. The van der Waals surface area contributed by atoms with E-state index in [0.29, 0.717) is 23.9 Å². The lowest BCUT2D eigenvalue weighted by Crippen LogP contribution is -2.54. The van der Waals surface area contributed by atoms with Gasteiger partial charge in [0.25, 0.3) is 0 Å². The van der Waals surface area contributed by atoms with E-state index in [2.05, 4.69) is 15.5 Å². The average molecular weight is 277 g/mol. The molecule has 1 saturated carbocycles. The Hall–Kier alpha value is -0.610. The van der Waals surface area contributed by atoms with Crippen LogP contribution in [-0.4, -0.2) is 49.1 Å². The van der Waals surface area contributed by atoms with Crippen LogP contribution < -0.4 is 10.6 Å². The highest BCUT2D eigenvalue weighted by atomic mass is 16.2. The van der Waals surface area contributed by atoms with Gasteiger partial charge in [-0.25, -0.2) is 0 Å². The Morgan fingerprint density at radius 3 is 2.85 bits per heavy atom. The van der Waals surface area contributed by atoms with E-state index in [1.54, 1.807) is 0 Å². The largest absolute Gasteiger partial charge is 0.335 e. The number of amides is 1. The van der Waals surface area contributed by atoms with Crippen molar-refractivity contribution >= 4 is 5.91 Å². The van der Waals surface area contributed by atoms with E-state index in [0.717, 1.165) is 39.0 Å². The fraction of sp³-hybridized carbons (Fsp3) is 0.938. The second-order valence-electron chi connectivity index (χ2n) is 7.32. The van der Waals surface area contributed by atoms with E-state index in [1.807, 2.05) is 0 Å². The van der Waals surface area contributed by atoms with Gasteiger partial charge in [-0.1, -0.05) is 12.8 Å². The molecule has 4 atom stereocenters. The lowest BCUT2D eigenvalue weighted by atomic mass is 9.67. The maximum Gasteiger partial charge on any atom is 0.230 e. The lowest BCUT2D eigenvalue weighted by molar-refractivity contribution is -0.148. The summed E-state index contributed by atoms with van der Waals surface area (Å²) in [6.45, 7) is 4.09. The molecule has 4 nitrogen and oxygen atoms in total. The van der Waals surface area contributed by atoms with E-state index >= 15 is 0 Å². The molecular formula is C16H27N3O. The van der Waals surface area contributed by atoms with Gasteiger partial charge in [-0.05, 0) is 51.1 Å². The minimum Gasteiger partial charge on any atom is -0.335 e. The van der Waals surface area contributed by atoms with Gasteiger partial charge >= 0.3 is 0 Å². The zero-order chi connectivity index (χ0) is 13.6. The van der Waals surface area contributed by atoms with Gasteiger partial charge in [-0.15, -0.1) is 0 Å². The number of carbonyl (C=O) groups is 1. The van der Waals surface area contributed by atoms with Crippen LogP contribution in [0.1, 0.15) is 44.9 Å². The Morgan fingerprint density at radius 2 is 1.90 bits per heavy atom. The third-order valence-electron chi connectivity index (χ3n) is 6.35. The molecule has 4 rings (SSSR count). The smallest absolute Gasteiger partial charge is 0.230 e. The summed E-state index contributed by atoms with van der Waals surface area (Å²) in [5.41, 5.74) is -0.0522. The normalized spacial score (nSPS) is 44.2. The Bertz CT molecular complexity index is 385. The third kappa shape index (κ3) is 1.84. The van der Waals surface area contributed by atoms with Crippen molar-refractivity contribution in [2.24, 2.45) is 11.3 Å². The number of rotatable bonds is 1. The van der Waals surface area contributed by atoms with Crippen LogP contribution in [0.4, 0.5) is 0 Å². The maximum absolute atomic E-state index is 13.4. The molecule has 2 unspecified atom stereocenters. The number of nitrogens with one attached hydrogen (secondary N) is 2. The summed E-state index contributed by atoms with van der Waals surface area (Å²) in [6, 6.07) is 0.979. The van der Waals surface area contributed by atoms with Gasteiger partial charge < -0.3 is 15.5 Å². The van der Waals surface area contributed by atoms with E-state index in [4.69, 9.17) is 0 Å². The first-order valence-electron chi connectivity index (χ1n) is 8.55. The second-order valence-corrected chi connectivity index (χ2v) is 7.32. The van der Waals surface area contributed by atoms with Crippen molar-refractivity contribution < 1.29 is 4.79 Å². The van der Waals surface area contributed by atoms with Gasteiger partial charge in [-0.2, -0.15) is 0 Å². The van der Waals surface area contributed by atoms with Crippen LogP contribution in [0.3, 0.4) is 0 Å². The van der Waals surface area contributed by atoms with Gasteiger partial charge in [0.05, 0.1) is 5.41 Å². The molecule has 1 amide bonds. The zero-order valence-corrected chi connectivity index (χ0v) is 12.4. The third-order valence-corrected chi connectivity index (χ3v) is 6.35. The fourth-order valence-corrected chi connectivity index (χ4v) is 5.24. The molecule has 3 aliphatic heterocycles. The molecular weight excluding hydrogens is 250 g/mol. The SMILES string of the molecule is O=C(N1C2CCNCC1CC2)[C@@]12CCCC[C@H]1CNC2. The van der Waals surface area contributed by atoms with Crippen molar-refractivity contribution in [1.29, 1.82) is 0 Å². The van der Waals surface area contributed by atoms with Crippen LogP contribution in [0.25, 0.3) is 0 Å². The zero-order valence-electron chi connectivity index (χ0n) is 12.4. The van der Waals surface area contributed by atoms with Crippen molar-refractivity contribution in [3.05, 3.63) is 0 Å². The quantitative estimate of drug-likeness (QED) is 0.755. The Labute approximate surface area is 121 Å². The van der Waals surface area contributed by atoms with Gasteiger partial charge in [0.1, 0.15) is 0 Å². The molecule has 0 spiro atoms. The summed E-state index contributed by atoms with van der Waals surface area (Å²) in [6.07, 6.45) is 8.51.